The van der Waals surface area contributed by atoms with Crippen molar-refractivity contribution in [3.8, 4) is 22.9 Å². The second kappa shape index (κ2) is 13.4. The van der Waals surface area contributed by atoms with Gasteiger partial charge in [0.15, 0.2) is 0 Å². The molecule has 0 aliphatic heterocycles. The number of anilines is 2. The summed E-state index contributed by atoms with van der Waals surface area (Å²) in [4.78, 5) is 24.7. The minimum Gasteiger partial charge on any atom is -0.465 e. The van der Waals surface area contributed by atoms with Gasteiger partial charge >= 0.3 is 6.09 Å². The molecule has 4 N–H and O–H groups in total. The van der Waals surface area contributed by atoms with Gasteiger partial charge in [0.2, 0.25) is 21.9 Å². The smallest absolute Gasteiger partial charge is 0.404 e. The van der Waals surface area contributed by atoms with E-state index < -0.39 is 16.1 Å². The Morgan fingerprint density at radius 1 is 0.870 bits per heavy atom. The molecule has 0 unspecified atom stereocenters. The fraction of sp³-hybridized carbons (Fsp3) is 0.235. The van der Waals surface area contributed by atoms with Crippen LogP contribution < -0.4 is 20.1 Å². The predicted octanol–water partition coefficient (Wildman–Crippen LogP) is 6.73. The minimum absolute atomic E-state index is 0.0408. The van der Waals surface area contributed by atoms with Gasteiger partial charge in [-0.15, -0.1) is 0 Å². The van der Waals surface area contributed by atoms with Crippen LogP contribution in [-0.4, -0.2) is 46.7 Å². The van der Waals surface area contributed by atoms with E-state index in [0.717, 1.165) is 36.6 Å². The summed E-state index contributed by atoms with van der Waals surface area (Å²) in [5.41, 5.74) is 3.29. The molecule has 12 heteroatoms. The van der Waals surface area contributed by atoms with Crippen LogP contribution in [0.3, 0.4) is 0 Å². The monoisotopic (exact) mass is 638 g/mol. The number of amides is 1. The molecule has 2 aromatic heterocycles. The van der Waals surface area contributed by atoms with E-state index in [1.807, 2.05) is 55.5 Å². The number of carbonyl (C=O) groups is 1. The van der Waals surface area contributed by atoms with Gasteiger partial charge in [-0.05, 0) is 68.0 Å². The standard InChI is InChI=1S/C34H34N6O5S/c1-22-12-17-26-27(9-5-11-30(26)40-46(43,44)21-23-7-3-2-4-8-23)31(22)45-32-28(10-6-19-35-32)29-18-20-36-33(39-29)37-24-13-15-25(16-14-24)38-34(41)42/h2-12,17-20,24-25,38,40H,13-16,21H2,1H3,(H,41,42)(H,36,37,39). The third kappa shape index (κ3) is 7.35. The van der Waals surface area contributed by atoms with Crippen molar-refractivity contribution < 1.29 is 23.1 Å². The maximum absolute atomic E-state index is 13.1. The second-order valence-corrected chi connectivity index (χ2v) is 13.0. The Kier molecular flexibility index (Phi) is 8.97. The summed E-state index contributed by atoms with van der Waals surface area (Å²) in [6.45, 7) is 1.93. The molecular weight excluding hydrogens is 604 g/mol. The summed E-state index contributed by atoms with van der Waals surface area (Å²) in [5, 5.41) is 16.4. The van der Waals surface area contributed by atoms with Crippen LogP contribution >= 0.6 is 0 Å². The number of carboxylic acid groups (broad SMARTS) is 1. The van der Waals surface area contributed by atoms with Gasteiger partial charge in [-0.1, -0.05) is 54.6 Å². The van der Waals surface area contributed by atoms with E-state index in [2.05, 4.69) is 25.3 Å². The molecule has 11 nitrogen and oxygen atoms in total. The zero-order valence-electron chi connectivity index (χ0n) is 25.2. The summed E-state index contributed by atoms with van der Waals surface area (Å²) in [5.74, 6) is 1.23. The molecule has 1 aliphatic rings. The predicted molar refractivity (Wildman–Crippen MR) is 178 cm³/mol. The number of hydrogen-bond acceptors (Lipinski definition) is 8. The Morgan fingerprint density at radius 3 is 2.43 bits per heavy atom. The van der Waals surface area contributed by atoms with Crippen LogP contribution in [-0.2, 0) is 15.8 Å². The minimum atomic E-state index is -3.68. The Hall–Kier alpha value is -5.23. The number of pyridine rings is 1. The summed E-state index contributed by atoms with van der Waals surface area (Å²) >= 11 is 0. The van der Waals surface area contributed by atoms with E-state index in [9.17, 15) is 13.2 Å². The highest BCUT2D eigenvalue weighted by Crippen LogP contribution is 2.39. The molecule has 5 aromatic rings. The average molecular weight is 639 g/mol. The molecule has 46 heavy (non-hydrogen) atoms. The fourth-order valence-corrected chi connectivity index (χ4v) is 6.96. The van der Waals surface area contributed by atoms with Crippen LogP contribution in [0.5, 0.6) is 11.6 Å². The van der Waals surface area contributed by atoms with Crippen molar-refractivity contribution in [1.82, 2.24) is 20.3 Å². The molecule has 0 radical (unpaired) electrons. The summed E-state index contributed by atoms with van der Waals surface area (Å²) in [7, 11) is -3.68. The van der Waals surface area contributed by atoms with E-state index in [1.54, 1.807) is 42.7 Å². The highest BCUT2D eigenvalue weighted by Gasteiger charge is 2.23. The number of nitrogens with one attached hydrogen (secondary N) is 3. The molecule has 0 bridgehead atoms. The van der Waals surface area contributed by atoms with Gasteiger partial charge in [-0.2, -0.15) is 0 Å². The largest absolute Gasteiger partial charge is 0.465 e. The van der Waals surface area contributed by atoms with Crippen LogP contribution in [0, 0.1) is 6.92 Å². The first-order valence-electron chi connectivity index (χ1n) is 15.0. The molecule has 6 rings (SSSR count). The molecule has 236 valence electrons. The first-order chi connectivity index (χ1) is 22.2. The van der Waals surface area contributed by atoms with Gasteiger partial charge in [0, 0.05) is 35.2 Å². The number of hydrogen-bond donors (Lipinski definition) is 4. The first-order valence-corrected chi connectivity index (χ1v) is 16.7. The third-order valence-corrected chi connectivity index (χ3v) is 9.21. The van der Waals surface area contributed by atoms with Gasteiger partial charge in [-0.3, -0.25) is 4.72 Å². The SMILES string of the molecule is Cc1ccc2c(NS(=O)(=O)Cc3ccccc3)cccc2c1Oc1ncccc1-c1ccnc(NC2CCC(NC(=O)O)CC2)n1. The Morgan fingerprint density at radius 2 is 1.65 bits per heavy atom. The Bertz CT molecular complexity index is 1960. The van der Waals surface area contributed by atoms with Crippen LogP contribution in [0.1, 0.15) is 36.8 Å². The van der Waals surface area contributed by atoms with Crippen molar-refractivity contribution in [3.63, 3.8) is 0 Å². The third-order valence-electron chi connectivity index (χ3n) is 7.96. The summed E-state index contributed by atoms with van der Waals surface area (Å²) < 4.78 is 35.4. The zero-order valence-corrected chi connectivity index (χ0v) is 26.0. The number of rotatable bonds is 10. The highest BCUT2D eigenvalue weighted by molar-refractivity contribution is 7.91. The lowest BCUT2D eigenvalue weighted by Gasteiger charge is -2.28. The maximum Gasteiger partial charge on any atom is 0.404 e. The highest BCUT2D eigenvalue weighted by atomic mass is 32.2. The fourth-order valence-electron chi connectivity index (χ4n) is 5.74. The van der Waals surface area contributed by atoms with Crippen molar-refractivity contribution in [2.75, 3.05) is 10.0 Å². The van der Waals surface area contributed by atoms with E-state index in [4.69, 9.17) is 14.8 Å². The lowest BCUT2D eigenvalue weighted by Crippen LogP contribution is -2.39. The molecule has 0 atom stereocenters. The Labute approximate surface area is 267 Å². The number of benzene rings is 3. The summed E-state index contributed by atoms with van der Waals surface area (Å²) in [6.07, 6.45) is 5.40. The van der Waals surface area contributed by atoms with Crippen LogP contribution in [0.4, 0.5) is 16.4 Å². The Balaban J connectivity index is 1.24. The average Bonchev–Trinajstić information content (AvgIpc) is 3.04. The molecule has 0 spiro atoms. The van der Waals surface area contributed by atoms with Crippen LogP contribution in [0.15, 0.2) is 91.3 Å². The summed E-state index contributed by atoms with van der Waals surface area (Å²) in [6, 6.07) is 23.8. The van der Waals surface area contributed by atoms with E-state index in [-0.39, 0.29) is 17.8 Å². The molecule has 1 fully saturated rings. The maximum atomic E-state index is 13.1. The van der Waals surface area contributed by atoms with Crippen LogP contribution in [0.2, 0.25) is 0 Å². The number of aromatic nitrogens is 3. The zero-order chi connectivity index (χ0) is 32.1. The number of fused-ring (bicyclic) bond motifs is 1. The van der Waals surface area contributed by atoms with Crippen molar-refractivity contribution >= 4 is 38.5 Å². The molecule has 1 saturated carbocycles. The molecule has 3 aromatic carbocycles. The molecule has 1 aliphatic carbocycles. The van der Waals surface area contributed by atoms with Gasteiger partial charge in [-0.25, -0.2) is 28.2 Å². The number of nitrogens with zero attached hydrogens (tertiary/aromatic N) is 3. The van der Waals surface area contributed by atoms with Gasteiger partial charge in [0.05, 0.1) is 22.7 Å². The topological polar surface area (TPSA) is 155 Å². The van der Waals surface area contributed by atoms with Crippen molar-refractivity contribution in [2.24, 2.45) is 0 Å². The molecule has 0 saturated heterocycles. The number of sulfonamides is 1. The molecule has 2 heterocycles. The lowest BCUT2D eigenvalue weighted by atomic mass is 9.91. The molecular formula is C34H34N6O5S. The van der Waals surface area contributed by atoms with E-state index in [1.165, 1.54) is 0 Å². The second-order valence-electron chi connectivity index (χ2n) is 11.3. The van der Waals surface area contributed by atoms with Gasteiger partial charge < -0.3 is 20.5 Å². The first kappa shape index (κ1) is 30.8. The lowest BCUT2D eigenvalue weighted by molar-refractivity contribution is 0.185. The van der Waals surface area contributed by atoms with Crippen molar-refractivity contribution in [2.45, 2.75) is 50.4 Å². The quantitative estimate of drug-likeness (QED) is 0.130. The van der Waals surface area contributed by atoms with E-state index in [0.29, 0.717) is 45.5 Å². The van der Waals surface area contributed by atoms with Crippen molar-refractivity contribution in [3.05, 3.63) is 102 Å². The van der Waals surface area contributed by atoms with E-state index >= 15 is 0 Å². The van der Waals surface area contributed by atoms with Crippen molar-refractivity contribution in [1.29, 1.82) is 0 Å². The van der Waals surface area contributed by atoms with Gasteiger partial charge in [0.25, 0.3) is 0 Å². The molecule has 1 amide bonds. The number of aryl methyl sites for hydroxylation is 1. The number of ether oxygens (including phenoxy) is 1. The normalized spacial score (nSPS) is 16.5. The van der Waals surface area contributed by atoms with Gasteiger partial charge in [0.1, 0.15) is 5.75 Å². The van der Waals surface area contributed by atoms with Crippen LogP contribution in [0.25, 0.3) is 22.0 Å².